The van der Waals surface area contributed by atoms with Crippen LogP contribution in [0.15, 0.2) is 54.6 Å². The highest BCUT2D eigenvalue weighted by atomic mass is 19.1. The third-order valence-electron chi connectivity index (χ3n) is 3.19. The van der Waals surface area contributed by atoms with Crippen molar-refractivity contribution in [2.75, 3.05) is 5.32 Å². The number of nitrogens with zero attached hydrogens (tertiary/aromatic N) is 3. The Kier molecular flexibility index (Phi) is 3.65. The van der Waals surface area contributed by atoms with Gasteiger partial charge >= 0.3 is 0 Å². The number of amides is 1. The minimum absolute atomic E-state index is 0.202. The lowest BCUT2D eigenvalue weighted by molar-refractivity contribution is 0.102. The lowest BCUT2D eigenvalue weighted by Crippen LogP contribution is -2.14. The van der Waals surface area contributed by atoms with E-state index in [1.807, 2.05) is 18.2 Å². The molecule has 1 aromatic heterocycles. The molecule has 6 heteroatoms. The molecule has 0 unspecified atom stereocenters. The number of hydrogen-bond acceptors (Lipinski definition) is 3. The van der Waals surface area contributed by atoms with Gasteiger partial charge in [-0.2, -0.15) is 0 Å². The van der Waals surface area contributed by atoms with Crippen LogP contribution in [0.5, 0.6) is 0 Å². The van der Waals surface area contributed by atoms with Crippen LogP contribution < -0.4 is 5.32 Å². The molecule has 2 aromatic carbocycles. The van der Waals surface area contributed by atoms with E-state index in [0.717, 1.165) is 0 Å². The fourth-order valence-corrected chi connectivity index (χ4v) is 2.10. The zero-order valence-corrected chi connectivity index (χ0v) is 11.8. The fraction of sp³-hybridized carbons (Fsp3) is 0.0625. The van der Waals surface area contributed by atoms with E-state index in [9.17, 15) is 9.18 Å². The summed E-state index contributed by atoms with van der Waals surface area (Å²) < 4.78 is 14.7. The molecule has 3 rings (SSSR count). The van der Waals surface area contributed by atoms with E-state index < -0.39 is 0 Å². The van der Waals surface area contributed by atoms with Gasteiger partial charge in [0.05, 0.1) is 11.4 Å². The van der Waals surface area contributed by atoms with Gasteiger partial charge in [0, 0.05) is 5.69 Å². The van der Waals surface area contributed by atoms with Gasteiger partial charge in [0.1, 0.15) is 5.82 Å². The van der Waals surface area contributed by atoms with Gasteiger partial charge in [0.15, 0.2) is 5.69 Å². The maximum Gasteiger partial charge on any atom is 0.278 e. The monoisotopic (exact) mass is 296 g/mol. The van der Waals surface area contributed by atoms with Crippen molar-refractivity contribution in [3.63, 3.8) is 0 Å². The summed E-state index contributed by atoms with van der Waals surface area (Å²) in [5.74, 6) is -0.728. The van der Waals surface area contributed by atoms with Crippen LogP contribution in [0.2, 0.25) is 0 Å². The van der Waals surface area contributed by atoms with Gasteiger partial charge in [-0.25, -0.2) is 9.07 Å². The molecule has 110 valence electrons. The average Bonchev–Trinajstić information content (AvgIpc) is 2.90. The van der Waals surface area contributed by atoms with Crippen molar-refractivity contribution in [2.24, 2.45) is 0 Å². The normalized spacial score (nSPS) is 10.5. The molecule has 0 aliphatic carbocycles. The van der Waals surface area contributed by atoms with Crippen LogP contribution in [-0.2, 0) is 0 Å². The molecule has 22 heavy (non-hydrogen) atoms. The van der Waals surface area contributed by atoms with Crippen LogP contribution in [0.1, 0.15) is 16.2 Å². The molecule has 0 radical (unpaired) electrons. The van der Waals surface area contributed by atoms with Crippen molar-refractivity contribution in [1.82, 2.24) is 15.0 Å². The second-order valence-corrected chi connectivity index (χ2v) is 4.74. The summed E-state index contributed by atoms with van der Waals surface area (Å²) in [5, 5.41) is 10.6. The minimum atomic E-state index is -0.373. The molecule has 0 aliphatic heterocycles. The molecule has 0 aliphatic rings. The Labute approximate surface area is 126 Å². The Morgan fingerprint density at radius 1 is 1.14 bits per heavy atom. The van der Waals surface area contributed by atoms with Gasteiger partial charge in [-0.1, -0.05) is 29.5 Å². The van der Waals surface area contributed by atoms with Crippen molar-refractivity contribution in [3.05, 3.63) is 71.8 Å². The number of nitrogens with one attached hydrogen (secondary N) is 1. The first-order chi connectivity index (χ1) is 10.6. The number of carbonyl (C=O) groups is 1. The second kappa shape index (κ2) is 5.77. The topological polar surface area (TPSA) is 59.8 Å². The van der Waals surface area contributed by atoms with Gasteiger partial charge in [0.2, 0.25) is 0 Å². The standard InChI is InChI=1S/C16H13FN4O/c1-11-15(16(22)18-13-7-3-2-4-8-13)19-20-21(11)14-9-5-6-12(17)10-14/h2-10H,1H3,(H,18,22). The SMILES string of the molecule is Cc1c(C(=O)Nc2ccccc2)nnn1-c1cccc(F)c1. The molecule has 0 bridgehead atoms. The van der Waals surface area contributed by atoms with E-state index in [4.69, 9.17) is 0 Å². The summed E-state index contributed by atoms with van der Waals surface area (Å²) in [6, 6.07) is 15.0. The van der Waals surface area contributed by atoms with Gasteiger partial charge in [0.25, 0.3) is 5.91 Å². The molecule has 5 nitrogen and oxygen atoms in total. The smallest absolute Gasteiger partial charge is 0.278 e. The van der Waals surface area contributed by atoms with Crippen LogP contribution in [0.3, 0.4) is 0 Å². The largest absolute Gasteiger partial charge is 0.321 e. The summed E-state index contributed by atoms with van der Waals surface area (Å²) in [6.07, 6.45) is 0. The molecule has 0 atom stereocenters. The zero-order chi connectivity index (χ0) is 15.5. The van der Waals surface area contributed by atoms with Crippen LogP contribution >= 0.6 is 0 Å². The highest BCUT2D eigenvalue weighted by Crippen LogP contribution is 2.15. The first-order valence-electron chi connectivity index (χ1n) is 6.70. The van der Waals surface area contributed by atoms with Crippen molar-refractivity contribution in [1.29, 1.82) is 0 Å². The number of anilines is 1. The van der Waals surface area contributed by atoms with E-state index in [0.29, 0.717) is 17.1 Å². The quantitative estimate of drug-likeness (QED) is 0.808. The molecule has 0 saturated carbocycles. The summed E-state index contributed by atoms with van der Waals surface area (Å²) in [5.41, 5.74) is 1.93. The zero-order valence-electron chi connectivity index (χ0n) is 11.8. The van der Waals surface area contributed by atoms with Gasteiger partial charge in [-0.3, -0.25) is 4.79 Å². The minimum Gasteiger partial charge on any atom is -0.321 e. The maximum absolute atomic E-state index is 13.3. The molecule has 0 saturated heterocycles. The van der Waals surface area contributed by atoms with Crippen molar-refractivity contribution in [3.8, 4) is 5.69 Å². The molecule has 1 amide bonds. The molecule has 1 N–H and O–H groups in total. The third kappa shape index (κ3) is 2.71. The van der Waals surface area contributed by atoms with Crippen LogP contribution in [0.25, 0.3) is 5.69 Å². The highest BCUT2D eigenvalue weighted by molar-refractivity contribution is 6.03. The van der Waals surface area contributed by atoms with E-state index in [1.165, 1.54) is 16.8 Å². The number of aromatic nitrogens is 3. The van der Waals surface area contributed by atoms with Crippen molar-refractivity contribution in [2.45, 2.75) is 6.92 Å². The van der Waals surface area contributed by atoms with E-state index in [1.54, 1.807) is 31.2 Å². The van der Waals surface area contributed by atoms with Crippen LogP contribution in [-0.4, -0.2) is 20.9 Å². The predicted molar refractivity (Wildman–Crippen MR) is 80.4 cm³/mol. The van der Waals surface area contributed by atoms with Crippen molar-refractivity contribution >= 4 is 11.6 Å². The summed E-state index contributed by atoms with van der Waals surface area (Å²) in [7, 11) is 0. The third-order valence-corrected chi connectivity index (χ3v) is 3.19. The highest BCUT2D eigenvalue weighted by Gasteiger charge is 2.17. The first kappa shape index (κ1) is 13.9. The Morgan fingerprint density at radius 3 is 2.64 bits per heavy atom. The lowest BCUT2D eigenvalue weighted by atomic mass is 10.2. The number of rotatable bonds is 3. The van der Waals surface area contributed by atoms with Crippen LogP contribution in [0.4, 0.5) is 10.1 Å². The Balaban J connectivity index is 1.89. The number of halogens is 1. The average molecular weight is 296 g/mol. The lowest BCUT2D eigenvalue weighted by Gasteiger charge is -2.05. The van der Waals surface area contributed by atoms with E-state index >= 15 is 0 Å². The van der Waals surface area contributed by atoms with Gasteiger partial charge in [-0.15, -0.1) is 5.10 Å². The Morgan fingerprint density at radius 2 is 1.91 bits per heavy atom. The summed E-state index contributed by atoms with van der Waals surface area (Å²) in [4.78, 5) is 12.2. The number of benzene rings is 2. The number of hydrogen-bond donors (Lipinski definition) is 1. The molecular weight excluding hydrogens is 283 g/mol. The first-order valence-corrected chi connectivity index (χ1v) is 6.70. The molecule has 1 heterocycles. The molecule has 0 spiro atoms. The summed E-state index contributed by atoms with van der Waals surface area (Å²) in [6.45, 7) is 1.71. The van der Waals surface area contributed by atoms with E-state index in [2.05, 4.69) is 15.6 Å². The predicted octanol–water partition coefficient (Wildman–Crippen LogP) is 2.97. The molecular formula is C16H13FN4O. The van der Waals surface area contributed by atoms with E-state index in [-0.39, 0.29) is 17.4 Å². The number of carbonyl (C=O) groups excluding carboxylic acids is 1. The molecule has 3 aromatic rings. The van der Waals surface area contributed by atoms with Gasteiger partial charge in [-0.05, 0) is 37.3 Å². The molecule has 0 fully saturated rings. The second-order valence-electron chi connectivity index (χ2n) is 4.74. The van der Waals surface area contributed by atoms with Gasteiger partial charge < -0.3 is 5.32 Å². The summed E-state index contributed by atoms with van der Waals surface area (Å²) >= 11 is 0. The Hall–Kier alpha value is -3.02. The maximum atomic E-state index is 13.3. The van der Waals surface area contributed by atoms with Crippen molar-refractivity contribution < 1.29 is 9.18 Å². The number of para-hydroxylation sites is 1. The van der Waals surface area contributed by atoms with Crippen LogP contribution in [0, 0.1) is 12.7 Å². The Bertz CT molecular complexity index is 814. The fourth-order valence-electron chi connectivity index (χ4n) is 2.10.